The molecular formula is C24H23N3O4. The molecule has 7 nitrogen and oxygen atoms in total. The molecule has 0 bridgehead atoms. The summed E-state index contributed by atoms with van der Waals surface area (Å²) in [5.74, 6) is -1.52. The first-order valence-corrected chi connectivity index (χ1v) is 10.1. The summed E-state index contributed by atoms with van der Waals surface area (Å²) in [6.45, 7) is 0.514. The van der Waals surface area contributed by atoms with Crippen molar-refractivity contribution in [3.05, 3.63) is 78.0 Å². The zero-order valence-electron chi connectivity index (χ0n) is 16.9. The third-order valence-electron chi connectivity index (χ3n) is 5.45. The summed E-state index contributed by atoms with van der Waals surface area (Å²) in [6.07, 6.45) is 4.55. The van der Waals surface area contributed by atoms with Crippen molar-refractivity contribution in [1.29, 1.82) is 0 Å². The molecule has 2 atom stereocenters. The first kappa shape index (κ1) is 20.4. The number of likely N-dealkylation sites (tertiary alicyclic amines) is 1. The highest BCUT2D eigenvalue weighted by molar-refractivity contribution is 5.96. The number of amides is 2. The van der Waals surface area contributed by atoms with Gasteiger partial charge in [0.05, 0.1) is 12.1 Å². The molecular weight excluding hydrogens is 394 g/mol. The molecule has 158 valence electrons. The van der Waals surface area contributed by atoms with Crippen LogP contribution in [0.4, 0.5) is 0 Å². The van der Waals surface area contributed by atoms with Gasteiger partial charge in [0, 0.05) is 42.1 Å². The van der Waals surface area contributed by atoms with E-state index in [2.05, 4.69) is 4.98 Å². The van der Waals surface area contributed by atoms with Crippen LogP contribution in [0.2, 0.25) is 0 Å². The number of para-hydroxylation sites is 1. The quantitative estimate of drug-likeness (QED) is 0.475. The zero-order chi connectivity index (χ0) is 21.8. The third kappa shape index (κ3) is 4.66. The van der Waals surface area contributed by atoms with E-state index in [-0.39, 0.29) is 24.8 Å². The summed E-state index contributed by atoms with van der Waals surface area (Å²) < 4.78 is 5.63. The lowest BCUT2D eigenvalue weighted by Gasteiger charge is -2.17. The van der Waals surface area contributed by atoms with Gasteiger partial charge < -0.3 is 20.4 Å². The Kier molecular flexibility index (Phi) is 5.84. The van der Waals surface area contributed by atoms with Gasteiger partial charge in [-0.2, -0.15) is 0 Å². The third-order valence-corrected chi connectivity index (χ3v) is 5.45. The summed E-state index contributed by atoms with van der Waals surface area (Å²) in [7, 11) is 0. The monoisotopic (exact) mass is 417 g/mol. The van der Waals surface area contributed by atoms with Gasteiger partial charge in [0.25, 0.3) is 0 Å². The molecule has 2 heterocycles. The van der Waals surface area contributed by atoms with Gasteiger partial charge in [0.1, 0.15) is 6.10 Å². The number of benzene rings is 2. The fourth-order valence-corrected chi connectivity index (χ4v) is 3.89. The number of carbonyl (C=O) groups excluding carboxylic acids is 3. The van der Waals surface area contributed by atoms with E-state index < -0.39 is 18.0 Å². The van der Waals surface area contributed by atoms with Gasteiger partial charge in [-0.3, -0.25) is 9.59 Å². The maximum Gasteiger partial charge on any atom is 0.338 e. The predicted octanol–water partition coefficient (Wildman–Crippen LogP) is 2.74. The number of H-pyrrole nitrogens is 1. The fraction of sp³-hybridized carbons (Fsp3) is 0.208. The second kappa shape index (κ2) is 8.87. The van der Waals surface area contributed by atoms with Crippen LogP contribution < -0.4 is 5.73 Å². The summed E-state index contributed by atoms with van der Waals surface area (Å²) >= 11 is 0. The number of hydrogen-bond acceptors (Lipinski definition) is 4. The molecule has 2 amide bonds. The molecule has 4 rings (SSSR count). The van der Waals surface area contributed by atoms with Crippen molar-refractivity contribution in [2.45, 2.75) is 12.5 Å². The maximum absolute atomic E-state index is 12.8. The van der Waals surface area contributed by atoms with Crippen molar-refractivity contribution in [2.75, 3.05) is 13.1 Å². The Morgan fingerprint density at radius 1 is 1.06 bits per heavy atom. The lowest BCUT2D eigenvalue weighted by molar-refractivity contribution is -0.125. The number of esters is 1. The standard InChI is InChI=1S/C24H23N3O4/c25-22(28)12-18-14-27(15-21(18)31-24(30)16-6-2-1-3-7-16)23(29)11-10-17-13-26-20-9-5-4-8-19(17)20/h1-11,13,18,21,26H,12,14-15H2,(H2,25,28)/b11-10+/t18-,21+/m0/s1. The van der Waals surface area contributed by atoms with Gasteiger partial charge in [-0.1, -0.05) is 36.4 Å². The largest absolute Gasteiger partial charge is 0.457 e. The molecule has 1 saturated heterocycles. The van der Waals surface area contributed by atoms with Crippen molar-refractivity contribution in [3.8, 4) is 0 Å². The number of primary amides is 1. The number of ether oxygens (including phenoxy) is 1. The minimum absolute atomic E-state index is 0.0443. The number of nitrogens with one attached hydrogen (secondary N) is 1. The number of aromatic amines is 1. The number of rotatable bonds is 6. The Balaban J connectivity index is 1.46. The van der Waals surface area contributed by atoms with Crippen LogP contribution in [-0.2, 0) is 14.3 Å². The predicted molar refractivity (Wildman–Crippen MR) is 117 cm³/mol. The highest BCUT2D eigenvalue weighted by atomic mass is 16.5. The molecule has 0 unspecified atom stereocenters. The van der Waals surface area contributed by atoms with Crippen LogP contribution in [-0.4, -0.2) is 46.9 Å². The molecule has 1 aromatic heterocycles. The fourth-order valence-electron chi connectivity index (χ4n) is 3.89. The first-order valence-electron chi connectivity index (χ1n) is 10.1. The lowest BCUT2D eigenvalue weighted by Crippen LogP contribution is -2.30. The van der Waals surface area contributed by atoms with Crippen LogP contribution in [0.1, 0.15) is 22.3 Å². The molecule has 0 aliphatic carbocycles. The number of carbonyl (C=O) groups is 3. The highest BCUT2D eigenvalue weighted by Crippen LogP contribution is 2.25. The van der Waals surface area contributed by atoms with Gasteiger partial charge in [0.15, 0.2) is 0 Å². The van der Waals surface area contributed by atoms with Crippen LogP contribution in [0.3, 0.4) is 0 Å². The highest BCUT2D eigenvalue weighted by Gasteiger charge is 2.38. The summed E-state index contributed by atoms with van der Waals surface area (Å²) in [6, 6.07) is 16.5. The van der Waals surface area contributed by atoms with Crippen LogP contribution in [0, 0.1) is 5.92 Å². The Morgan fingerprint density at radius 2 is 1.81 bits per heavy atom. The minimum atomic E-state index is -0.592. The van der Waals surface area contributed by atoms with Crippen molar-refractivity contribution >= 4 is 34.8 Å². The van der Waals surface area contributed by atoms with E-state index in [4.69, 9.17) is 10.5 Å². The molecule has 1 aliphatic rings. The van der Waals surface area contributed by atoms with Crippen LogP contribution >= 0.6 is 0 Å². The van der Waals surface area contributed by atoms with E-state index in [0.717, 1.165) is 16.5 Å². The van der Waals surface area contributed by atoms with Gasteiger partial charge in [-0.15, -0.1) is 0 Å². The van der Waals surface area contributed by atoms with Gasteiger partial charge in [-0.05, 0) is 29.8 Å². The van der Waals surface area contributed by atoms with Gasteiger partial charge in [0.2, 0.25) is 11.8 Å². The molecule has 3 N–H and O–H groups in total. The molecule has 1 fully saturated rings. The topological polar surface area (TPSA) is 105 Å². The van der Waals surface area contributed by atoms with E-state index in [1.54, 1.807) is 35.2 Å². The van der Waals surface area contributed by atoms with E-state index >= 15 is 0 Å². The normalized spacial score (nSPS) is 18.5. The lowest BCUT2D eigenvalue weighted by atomic mass is 10.0. The Hall–Kier alpha value is -3.87. The molecule has 31 heavy (non-hydrogen) atoms. The maximum atomic E-state index is 12.8. The minimum Gasteiger partial charge on any atom is -0.457 e. The number of nitrogens with zero attached hydrogens (tertiary/aromatic N) is 1. The average molecular weight is 417 g/mol. The van der Waals surface area contributed by atoms with E-state index in [9.17, 15) is 14.4 Å². The second-order valence-electron chi connectivity index (χ2n) is 7.61. The molecule has 1 aliphatic heterocycles. The zero-order valence-corrected chi connectivity index (χ0v) is 16.9. The molecule has 0 radical (unpaired) electrons. The Bertz CT molecular complexity index is 1140. The molecule has 2 aromatic carbocycles. The van der Waals surface area contributed by atoms with Crippen molar-refractivity contribution in [2.24, 2.45) is 11.7 Å². The number of nitrogens with two attached hydrogens (primary N) is 1. The van der Waals surface area contributed by atoms with E-state index in [1.165, 1.54) is 6.08 Å². The Labute approximate surface area is 179 Å². The van der Waals surface area contributed by atoms with Crippen LogP contribution in [0.5, 0.6) is 0 Å². The van der Waals surface area contributed by atoms with Crippen LogP contribution in [0.25, 0.3) is 17.0 Å². The Morgan fingerprint density at radius 3 is 2.58 bits per heavy atom. The van der Waals surface area contributed by atoms with Gasteiger partial charge in [-0.25, -0.2) is 4.79 Å². The van der Waals surface area contributed by atoms with E-state index in [1.807, 2.05) is 36.5 Å². The number of aromatic nitrogens is 1. The SMILES string of the molecule is NC(=O)C[C@H]1CN(C(=O)/C=C/c2c[nH]c3ccccc23)C[C@H]1OC(=O)c1ccccc1. The van der Waals surface area contributed by atoms with Crippen molar-refractivity contribution in [1.82, 2.24) is 9.88 Å². The van der Waals surface area contributed by atoms with E-state index in [0.29, 0.717) is 12.1 Å². The molecule has 0 spiro atoms. The molecule has 0 saturated carbocycles. The summed E-state index contributed by atoms with van der Waals surface area (Å²) in [5.41, 5.74) is 7.69. The number of fused-ring (bicyclic) bond motifs is 1. The van der Waals surface area contributed by atoms with Gasteiger partial charge >= 0.3 is 5.97 Å². The molecule has 7 heteroatoms. The smallest absolute Gasteiger partial charge is 0.338 e. The second-order valence-corrected chi connectivity index (χ2v) is 7.61. The number of hydrogen-bond donors (Lipinski definition) is 2. The first-order chi connectivity index (χ1) is 15.0. The average Bonchev–Trinajstić information content (AvgIpc) is 3.36. The summed E-state index contributed by atoms with van der Waals surface area (Å²) in [4.78, 5) is 41.5. The summed E-state index contributed by atoms with van der Waals surface area (Å²) in [5, 5.41) is 1.02. The van der Waals surface area contributed by atoms with Crippen LogP contribution in [0.15, 0.2) is 66.9 Å². The van der Waals surface area contributed by atoms with Crippen molar-refractivity contribution < 1.29 is 19.1 Å². The van der Waals surface area contributed by atoms with Crippen molar-refractivity contribution in [3.63, 3.8) is 0 Å². The molecule has 3 aromatic rings.